The summed E-state index contributed by atoms with van der Waals surface area (Å²) in [5.74, 6) is -1.83. The first-order valence-corrected chi connectivity index (χ1v) is 4.80. The first-order chi connectivity index (χ1) is 6.93. The molecule has 0 aliphatic heterocycles. The van der Waals surface area contributed by atoms with Crippen LogP contribution in [0.3, 0.4) is 0 Å². The SMILES string of the molecule is O=C(O)C(O)C(O)c1cc(Br)ccc1O. The van der Waals surface area contributed by atoms with Crippen molar-refractivity contribution >= 4 is 21.9 Å². The molecular weight excluding hydrogens is 268 g/mol. The van der Waals surface area contributed by atoms with Gasteiger partial charge in [-0.15, -0.1) is 0 Å². The second-order valence-electron chi connectivity index (χ2n) is 2.93. The Kier molecular flexibility index (Phi) is 3.67. The van der Waals surface area contributed by atoms with Gasteiger partial charge in [-0.3, -0.25) is 0 Å². The number of phenols is 1. The van der Waals surface area contributed by atoms with Crippen LogP contribution >= 0.6 is 15.9 Å². The Morgan fingerprint density at radius 3 is 2.47 bits per heavy atom. The third-order valence-corrected chi connectivity index (χ3v) is 2.35. The molecule has 1 aromatic rings. The van der Waals surface area contributed by atoms with Crippen LogP contribution in [-0.2, 0) is 4.79 Å². The van der Waals surface area contributed by atoms with Gasteiger partial charge in [0, 0.05) is 10.0 Å². The molecule has 0 aromatic heterocycles. The highest BCUT2D eigenvalue weighted by molar-refractivity contribution is 9.10. The standard InChI is InChI=1S/C9H9BrO5/c10-4-1-2-6(11)5(3-4)7(12)8(13)9(14)15/h1-3,7-8,11-13H,(H,14,15). The summed E-state index contributed by atoms with van der Waals surface area (Å²) in [5.41, 5.74) is -0.0423. The van der Waals surface area contributed by atoms with Gasteiger partial charge in [-0.1, -0.05) is 15.9 Å². The maximum absolute atomic E-state index is 10.4. The summed E-state index contributed by atoms with van der Waals surface area (Å²) >= 11 is 3.10. The monoisotopic (exact) mass is 276 g/mol. The molecule has 82 valence electrons. The molecule has 0 bridgehead atoms. The summed E-state index contributed by atoms with van der Waals surface area (Å²) in [7, 11) is 0. The highest BCUT2D eigenvalue weighted by Gasteiger charge is 2.27. The maximum Gasteiger partial charge on any atom is 0.335 e. The van der Waals surface area contributed by atoms with Crippen molar-refractivity contribution in [3.8, 4) is 5.75 Å². The number of aromatic hydroxyl groups is 1. The third kappa shape index (κ3) is 2.68. The van der Waals surface area contributed by atoms with E-state index in [1.165, 1.54) is 18.2 Å². The predicted molar refractivity (Wildman–Crippen MR) is 54.4 cm³/mol. The normalized spacial score (nSPS) is 14.6. The molecule has 4 N–H and O–H groups in total. The summed E-state index contributed by atoms with van der Waals surface area (Å²) in [6.07, 6.45) is -3.63. The number of halogens is 1. The lowest BCUT2D eigenvalue weighted by Gasteiger charge is -2.15. The predicted octanol–water partition coefficient (Wildman–Crippen LogP) is 0.634. The summed E-state index contributed by atoms with van der Waals surface area (Å²) in [4.78, 5) is 10.4. The van der Waals surface area contributed by atoms with E-state index >= 15 is 0 Å². The van der Waals surface area contributed by atoms with Crippen molar-refractivity contribution in [1.29, 1.82) is 0 Å². The Morgan fingerprint density at radius 1 is 1.33 bits per heavy atom. The molecular formula is C9H9BrO5. The average molecular weight is 277 g/mol. The molecule has 0 aliphatic carbocycles. The Balaban J connectivity index is 3.04. The van der Waals surface area contributed by atoms with E-state index < -0.39 is 18.2 Å². The number of hydrogen-bond donors (Lipinski definition) is 4. The number of aliphatic carboxylic acids is 1. The van der Waals surface area contributed by atoms with Gasteiger partial charge in [0.1, 0.15) is 11.9 Å². The van der Waals surface area contributed by atoms with Gasteiger partial charge in [0.2, 0.25) is 0 Å². The largest absolute Gasteiger partial charge is 0.508 e. The number of carboxylic acids is 1. The van der Waals surface area contributed by atoms with E-state index in [9.17, 15) is 15.0 Å². The summed E-state index contributed by atoms with van der Waals surface area (Å²) in [5, 5.41) is 36.4. The van der Waals surface area contributed by atoms with E-state index in [0.717, 1.165) is 0 Å². The average Bonchev–Trinajstić information content (AvgIpc) is 2.19. The van der Waals surface area contributed by atoms with Gasteiger partial charge < -0.3 is 20.4 Å². The summed E-state index contributed by atoms with van der Waals surface area (Å²) in [6, 6.07) is 4.15. The third-order valence-electron chi connectivity index (χ3n) is 1.86. The molecule has 0 amide bonds. The van der Waals surface area contributed by atoms with Crippen LogP contribution < -0.4 is 0 Å². The van der Waals surface area contributed by atoms with Gasteiger partial charge in [0.15, 0.2) is 6.10 Å². The fourth-order valence-corrected chi connectivity index (χ4v) is 1.45. The maximum atomic E-state index is 10.4. The summed E-state index contributed by atoms with van der Waals surface area (Å²) < 4.78 is 0.562. The van der Waals surface area contributed by atoms with E-state index in [1.807, 2.05) is 0 Å². The number of carbonyl (C=O) groups is 1. The minimum absolute atomic E-state index is 0.0423. The number of hydrogen-bond acceptors (Lipinski definition) is 4. The van der Waals surface area contributed by atoms with Crippen molar-refractivity contribution in [2.45, 2.75) is 12.2 Å². The van der Waals surface area contributed by atoms with E-state index in [-0.39, 0.29) is 11.3 Å². The zero-order valence-corrected chi connectivity index (χ0v) is 9.05. The topological polar surface area (TPSA) is 98.0 Å². The van der Waals surface area contributed by atoms with Crippen LogP contribution in [0.4, 0.5) is 0 Å². The van der Waals surface area contributed by atoms with Gasteiger partial charge in [-0.05, 0) is 18.2 Å². The Bertz CT molecular complexity index is 379. The number of rotatable bonds is 3. The van der Waals surface area contributed by atoms with Crippen molar-refractivity contribution in [2.75, 3.05) is 0 Å². The Morgan fingerprint density at radius 2 is 1.93 bits per heavy atom. The number of carboxylic acid groups (broad SMARTS) is 1. The highest BCUT2D eigenvalue weighted by Crippen LogP contribution is 2.29. The summed E-state index contributed by atoms with van der Waals surface area (Å²) in [6.45, 7) is 0. The van der Waals surface area contributed by atoms with Crippen molar-refractivity contribution in [3.63, 3.8) is 0 Å². The smallest absolute Gasteiger partial charge is 0.335 e. The molecule has 2 atom stereocenters. The van der Waals surface area contributed by atoms with Crippen LogP contribution in [0.2, 0.25) is 0 Å². The molecule has 0 radical (unpaired) electrons. The zero-order valence-electron chi connectivity index (χ0n) is 7.46. The molecule has 2 unspecified atom stereocenters. The molecule has 15 heavy (non-hydrogen) atoms. The minimum Gasteiger partial charge on any atom is -0.508 e. The quantitative estimate of drug-likeness (QED) is 0.649. The number of phenolic OH excluding ortho intramolecular Hbond substituents is 1. The van der Waals surface area contributed by atoms with Crippen LogP contribution in [0.15, 0.2) is 22.7 Å². The lowest BCUT2D eigenvalue weighted by molar-refractivity contribution is -0.153. The van der Waals surface area contributed by atoms with Crippen molar-refractivity contribution in [1.82, 2.24) is 0 Å². The van der Waals surface area contributed by atoms with Gasteiger partial charge in [0.25, 0.3) is 0 Å². The zero-order chi connectivity index (χ0) is 11.6. The van der Waals surface area contributed by atoms with Crippen LogP contribution in [0.1, 0.15) is 11.7 Å². The van der Waals surface area contributed by atoms with Crippen molar-refractivity contribution in [2.24, 2.45) is 0 Å². The fraction of sp³-hybridized carbons (Fsp3) is 0.222. The van der Waals surface area contributed by atoms with Crippen LogP contribution in [-0.4, -0.2) is 32.5 Å². The fourth-order valence-electron chi connectivity index (χ4n) is 1.07. The molecule has 0 heterocycles. The lowest BCUT2D eigenvalue weighted by Crippen LogP contribution is -2.27. The van der Waals surface area contributed by atoms with E-state index in [2.05, 4.69) is 15.9 Å². The van der Waals surface area contributed by atoms with Crippen molar-refractivity contribution < 1.29 is 25.2 Å². The van der Waals surface area contributed by atoms with Gasteiger partial charge in [-0.2, -0.15) is 0 Å². The van der Waals surface area contributed by atoms with Gasteiger partial charge in [-0.25, -0.2) is 4.79 Å². The number of aliphatic hydroxyl groups excluding tert-OH is 2. The highest BCUT2D eigenvalue weighted by atomic mass is 79.9. The number of benzene rings is 1. The Labute approximate surface area is 93.7 Å². The molecule has 0 spiro atoms. The molecule has 1 aromatic carbocycles. The van der Waals surface area contributed by atoms with Gasteiger partial charge in [0.05, 0.1) is 0 Å². The van der Waals surface area contributed by atoms with Crippen LogP contribution in [0.5, 0.6) is 5.75 Å². The minimum atomic E-state index is -1.97. The number of aliphatic hydroxyl groups is 2. The molecule has 0 saturated carbocycles. The van der Waals surface area contributed by atoms with Gasteiger partial charge >= 0.3 is 5.97 Å². The first kappa shape index (κ1) is 12.0. The molecule has 0 aliphatic rings. The molecule has 0 fully saturated rings. The van der Waals surface area contributed by atoms with E-state index in [0.29, 0.717) is 4.47 Å². The lowest BCUT2D eigenvalue weighted by atomic mass is 10.0. The van der Waals surface area contributed by atoms with E-state index in [1.54, 1.807) is 0 Å². The second kappa shape index (κ2) is 4.61. The molecule has 6 heteroatoms. The molecule has 1 rings (SSSR count). The first-order valence-electron chi connectivity index (χ1n) is 4.01. The van der Waals surface area contributed by atoms with Crippen LogP contribution in [0.25, 0.3) is 0 Å². The van der Waals surface area contributed by atoms with E-state index in [4.69, 9.17) is 10.2 Å². The molecule has 5 nitrogen and oxygen atoms in total. The van der Waals surface area contributed by atoms with Crippen molar-refractivity contribution in [3.05, 3.63) is 28.2 Å². The second-order valence-corrected chi connectivity index (χ2v) is 3.85. The Hall–Kier alpha value is -1.11. The van der Waals surface area contributed by atoms with Crippen LogP contribution in [0, 0.1) is 0 Å². The molecule has 0 saturated heterocycles.